The molecule has 0 radical (unpaired) electrons. The SMILES string of the molecule is CN1CCC(F)(C(=O)Nc2cc3cc(-c4cnnn4C)ccc3cn2)CC1. The number of nitrogens with zero attached hydrogens (tertiary/aromatic N) is 5. The monoisotopic (exact) mass is 368 g/mol. The van der Waals surface area contributed by atoms with Crippen LogP contribution in [-0.2, 0) is 11.8 Å². The molecule has 0 aliphatic carbocycles. The lowest BCUT2D eigenvalue weighted by molar-refractivity contribution is -0.130. The third kappa shape index (κ3) is 3.40. The summed E-state index contributed by atoms with van der Waals surface area (Å²) in [6.45, 7) is 1.13. The highest BCUT2D eigenvalue weighted by atomic mass is 19.1. The molecule has 1 fully saturated rings. The second kappa shape index (κ2) is 6.70. The average molecular weight is 368 g/mol. The third-order valence-electron chi connectivity index (χ3n) is 5.16. The largest absolute Gasteiger partial charge is 0.308 e. The summed E-state index contributed by atoms with van der Waals surface area (Å²) in [7, 11) is 3.75. The van der Waals surface area contributed by atoms with E-state index in [2.05, 4.69) is 20.6 Å². The number of alkyl halides is 1. The van der Waals surface area contributed by atoms with Gasteiger partial charge in [-0.3, -0.25) is 4.79 Å². The highest BCUT2D eigenvalue weighted by Crippen LogP contribution is 2.29. The Labute approximate surface area is 156 Å². The normalized spacial score (nSPS) is 17.1. The molecular formula is C19H21FN6O. The second-order valence-corrected chi connectivity index (χ2v) is 7.10. The molecule has 1 saturated heterocycles. The summed E-state index contributed by atoms with van der Waals surface area (Å²) in [6, 6.07) is 7.66. The van der Waals surface area contributed by atoms with Crippen LogP contribution in [0.5, 0.6) is 0 Å². The van der Waals surface area contributed by atoms with Crippen molar-refractivity contribution >= 4 is 22.5 Å². The van der Waals surface area contributed by atoms with E-state index >= 15 is 0 Å². The number of benzene rings is 1. The molecule has 1 aliphatic heterocycles. The van der Waals surface area contributed by atoms with Gasteiger partial charge >= 0.3 is 0 Å². The van der Waals surface area contributed by atoms with Gasteiger partial charge in [-0.25, -0.2) is 14.1 Å². The van der Waals surface area contributed by atoms with Gasteiger partial charge in [0.2, 0.25) is 0 Å². The number of rotatable bonds is 3. The number of aryl methyl sites for hydroxylation is 1. The summed E-state index contributed by atoms with van der Waals surface area (Å²) < 4.78 is 16.6. The number of likely N-dealkylation sites (tertiary alicyclic amines) is 1. The molecule has 7 nitrogen and oxygen atoms in total. The van der Waals surface area contributed by atoms with Crippen molar-refractivity contribution in [3.8, 4) is 11.3 Å². The van der Waals surface area contributed by atoms with E-state index in [0.717, 1.165) is 22.0 Å². The highest BCUT2D eigenvalue weighted by molar-refractivity contribution is 5.98. The first-order chi connectivity index (χ1) is 12.9. The van der Waals surface area contributed by atoms with Gasteiger partial charge in [-0.05, 0) is 24.6 Å². The van der Waals surface area contributed by atoms with Crippen molar-refractivity contribution < 1.29 is 9.18 Å². The summed E-state index contributed by atoms with van der Waals surface area (Å²) >= 11 is 0. The van der Waals surface area contributed by atoms with E-state index in [-0.39, 0.29) is 12.8 Å². The molecule has 1 N–H and O–H groups in total. The molecule has 1 aliphatic rings. The number of pyridine rings is 1. The van der Waals surface area contributed by atoms with Gasteiger partial charge in [-0.15, -0.1) is 5.10 Å². The fraction of sp³-hybridized carbons (Fsp3) is 0.368. The molecule has 0 spiro atoms. The van der Waals surface area contributed by atoms with Crippen LogP contribution in [-0.4, -0.2) is 56.6 Å². The molecule has 0 saturated carbocycles. The van der Waals surface area contributed by atoms with E-state index in [0.29, 0.717) is 18.9 Å². The van der Waals surface area contributed by atoms with Gasteiger partial charge < -0.3 is 10.2 Å². The van der Waals surface area contributed by atoms with Crippen molar-refractivity contribution in [3.05, 3.63) is 36.7 Å². The Balaban J connectivity index is 1.59. The lowest BCUT2D eigenvalue weighted by Crippen LogP contribution is -2.47. The van der Waals surface area contributed by atoms with Gasteiger partial charge in [0.05, 0.1) is 11.9 Å². The van der Waals surface area contributed by atoms with Crippen molar-refractivity contribution in [2.24, 2.45) is 7.05 Å². The van der Waals surface area contributed by atoms with Crippen LogP contribution in [0.3, 0.4) is 0 Å². The Morgan fingerprint density at radius 1 is 1.15 bits per heavy atom. The second-order valence-electron chi connectivity index (χ2n) is 7.10. The number of halogens is 1. The van der Waals surface area contributed by atoms with Crippen molar-refractivity contribution in [2.45, 2.75) is 18.5 Å². The number of carbonyl (C=O) groups excluding carboxylic acids is 1. The zero-order chi connectivity index (χ0) is 19.0. The Morgan fingerprint density at radius 3 is 2.63 bits per heavy atom. The van der Waals surface area contributed by atoms with Gasteiger partial charge in [0.25, 0.3) is 5.91 Å². The molecule has 0 unspecified atom stereocenters. The lowest BCUT2D eigenvalue weighted by Gasteiger charge is -2.33. The van der Waals surface area contributed by atoms with Gasteiger partial charge in [-0.2, -0.15) is 0 Å². The van der Waals surface area contributed by atoms with E-state index in [1.165, 1.54) is 0 Å². The maximum atomic E-state index is 15.0. The molecule has 3 aromatic rings. The van der Waals surface area contributed by atoms with Crippen molar-refractivity contribution in [1.29, 1.82) is 0 Å². The number of anilines is 1. The van der Waals surface area contributed by atoms with Gasteiger partial charge in [0.15, 0.2) is 5.67 Å². The van der Waals surface area contributed by atoms with Crippen molar-refractivity contribution in [2.75, 3.05) is 25.5 Å². The minimum absolute atomic E-state index is 0.195. The highest BCUT2D eigenvalue weighted by Gasteiger charge is 2.41. The quantitative estimate of drug-likeness (QED) is 0.768. The third-order valence-corrected chi connectivity index (χ3v) is 5.16. The van der Waals surface area contributed by atoms with Crippen LogP contribution in [0.2, 0.25) is 0 Å². The number of carbonyl (C=O) groups is 1. The molecule has 1 amide bonds. The van der Waals surface area contributed by atoms with Gasteiger partial charge in [-0.1, -0.05) is 17.3 Å². The van der Waals surface area contributed by atoms with Gasteiger partial charge in [0, 0.05) is 50.1 Å². The van der Waals surface area contributed by atoms with E-state index in [9.17, 15) is 9.18 Å². The Hall–Kier alpha value is -2.87. The number of fused-ring (bicyclic) bond motifs is 1. The van der Waals surface area contributed by atoms with E-state index in [1.54, 1.807) is 23.1 Å². The maximum Gasteiger partial charge on any atom is 0.263 e. The first-order valence-electron chi connectivity index (χ1n) is 8.88. The molecule has 4 rings (SSSR count). The summed E-state index contributed by atoms with van der Waals surface area (Å²) in [5.74, 6) is -0.266. The minimum Gasteiger partial charge on any atom is -0.308 e. The van der Waals surface area contributed by atoms with Crippen LogP contribution in [0.15, 0.2) is 36.7 Å². The minimum atomic E-state index is -1.84. The number of hydrogen-bond acceptors (Lipinski definition) is 5. The smallest absolute Gasteiger partial charge is 0.263 e. The molecule has 0 atom stereocenters. The summed E-state index contributed by atoms with van der Waals surface area (Å²) in [5, 5.41) is 12.3. The van der Waals surface area contributed by atoms with Crippen LogP contribution in [0, 0.1) is 0 Å². The number of piperidine rings is 1. The molecule has 0 bridgehead atoms. The molecule has 1 aromatic carbocycles. The van der Waals surface area contributed by atoms with E-state index < -0.39 is 11.6 Å². The fourth-order valence-electron chi connectivity index (χ4n) is 3.35. The molecule has 2 aromatic heterocycles. The van der Waals surface area contributed by atoms with Crippen LogP contribution >= 0.6 is 0 Å². The summed E-state index contributed by atoms with van der Waals surface area (Å²) in [4.78, 5) is 18.7. The first-order valence-corrected chi connectivity index (χ1v) is 8.88. The first kappa shape index (κ1) is 17.5. The topological polar surface area (TPSA) is 75.9 Å². The van der Waals surface area contributed by atoms with Crippen molar-refractivity contribution in [1.82, 2.24) is 24.9 Å². The Morgan fingerprint density at radius 2 is 1.93 bits per heavy atom. The number of aromatic nitrogens is 4. The number of hydrogen-bond donors (Lipinski definition) is 1. The molecular weight excluding hydrogens is 347 g/mol. The van der Waals surface area contributed by atoms with Crippen LogP contribution in [0.25, 0.3) is 22.0 Å². The zero-order valence-electron chi connectivity index (χ0n) is 15.3. The molecule has 140 valence electrons. The number of nitrogens with one attached hydrogen (secondary N) is 1. The standard InChI is InChI=1S/C19H21FN6O/c1-25-7-5-19(20,6-8-25)18(27)23-17-10-15-9-13(3-4-14(15)11-21-17)16-12-22-24-26(16)2/h3-4,9-12H,5-8H2,1-2H3,(H,21,23,27). The van der Waals surface area contributed by atoms with Crippen LogP contribution < -0.4 is 5.32 Å². The Bertz CT molecular complexity index is 993. The maximum absolute atomic E-state index is 15.0. The van der Waals surface area contributed by atoms with E-state index in [1.807, 2.05) is 37.2 Å². The Kier molecular flexibility index (Phi) is 4.35. The van der Waals surface area contributed by atoms with Crippen molar-refractivity contribution in [3.63, 3.8) is 0 Å². The fourth-order valence-corrected chi connectivity index (χ4v) is 3.35. The van der Waals surface area contributed by atoms with Gasteiger partial charge in [0.1, 0.15) is 5.82 Å². The molecule has 27 heavy (non-hydrogen) atoms. The van der Waals surface area contributed by atoms with Crippen LogP contribution in [0.4, 0.5) is 10.2 Å². The molecule has 3 heterocycles. The zero-order valence-corrected chi connectivity index (χ0v) is 15.3. The molecule has 8 heteroatoms. The number of amides is 1. The van der Waals surface area contributed by atoms with Crippen LogP contribution in [0.1, 0.15) is 12.8 Å². The lowest BCUT2D eigenvalue weighted by atomic mass is 9.92. The summed E-state index contributed by atoms with van der Waals surface area (Å²) in [5.41, 5.74) is -0.00477. The predicted octanol–water partition coefficient (Wildman–Crippen LogP) is 2.40. The average Bonchev–Trinajstić information content (AvgIpc) is 3.09. The predicted molar refractivity (Wildman–Crippen MR) is 101 cm³/mol. The summed E-state index contributed by atoms with van der Waals surface area (Å²) in [6.07, 6.45) is 3.76. The van der Waals surface area contributed by atoms with E-state index in [4.69, 9.17) is 0 Å².